The summed E-state index contributed by atoms with van der Waals surface area (Å²) in [6, 6.07) is 28.6. The molecule has 0 N–H and O–H groups in total. The predicted molar refractivity (Wildman–Crippen MR) is 113 cm³/mol. The number of carbonyl (C=O) groups is 1. The van der Waals surface area contributed by atoms with Crippen molar-refractivity contribution in [3.05, 3.63) is 84.9 Å². The number of nitrogens with zero attached hydrogens (tertiary/aromatic N) is 2. The van der Waals surface area contributed by atoms with E-state index in [0.29, 0.717) is 18.6 Å². The van der Waals surface area contributed by atoms with E-state index in [1.807, 2.05) is 61.5 Å². The number of rotatable bonds is 7. The molecule has 3 aromatic carbocycles. The van der Waals surface area contributed by atoms with Gasteiger partial charge in [-0.25, -0.2) is 0 Å². The Hall–Kier alpha value is -2.84. The third-order valence-electron chi connectivity index (χ3n) is 4.60. The Balaban J connectivity index is 1.64. The lowest BCUT2D eigenvalue weighted by Crippen LogP contribution is -2.23. The van der Waals surface area contributed by atoms with Gasteiger partial charge in [0.2, 0.25) is 0 Å². The fourth-order valence-corrected chi connectivity index (χ4v) is 5.38. The van der Waals surface area contributed by atoms with Crippen LogP contribution in [0.15, 0.2) is 95.2 Å². The van der Waals surface area contributed by atoms with Crippen LogP contribution >= 0.6 is 7.92 Å². The smallest absolute Gasteiger partial charge is 0.311 e. The zero-order chi connectivity index (χ0) is 19.4. The number of carbonyl (C=O) groups excluding carboxylic acids is 1. The molecule has 0 atom stereocenters. The van der Waals surface area contributed by atoms with Gasteiger partial charge in [0, 0.05) is 11.7 Å². The van der Waals surface area contributed by atoms with Gasteiger partial charge >= 0.3 is 5.97 Å². The molecular weight excluding hydrogens is 367 g/mol. The number of ether oxygens (including phenoxy) is 1. The highest BCUT2D eigenvalue weighted by atomic mass is 31.1. The Kier molecular flexibility index (Phi) is 5.31. The molecule has 0 spiro atoms. The first-order chi connectivity index (χ1) is 13.6. The van der Waals surface area contributed by atoms with Crippen LogP contribution in [-0.4, -0.2) is 11.6 Å². The van der Waals surface area contributed by atoms with E-state index in [1.165, 1.54) is 10.6 Å². The molecule has 0 bridgehead atoms. The second kappa shape index (κ2) is 8.04. The average Bonchev–Trinajstić information content (AvgIpc) is 3.47. The van der Waals surface area contributed by atoms with E-state index in [2.05, 4.69) is 40.6 Å². The Morgan fingerprint density at radius 2 is 1.39 bits per heavy atom. The maximum Gasteiger partial charge on any atom is 0.311 e. The third-order valence-corrected chi connectivity index (χ3v) is 7.08. The molecule has 140 valence electrons. The van der Waals surface area contributed by atoms with Gasteiger partial charge in [0.15, 0.2) is 5.66 Å². The topological polar surface area (TPSA) is 51.0 Å². The lowest BCUT2D eigenvalue weighted by Gasteiger charge is -2.21. The number of para-hydroxylation sites is 1. The molecule has 3 aromatic rings. The largest absolute Gasteiger partial charge is 0.426 e. The fourth-order valence-electron chi connectivity index (χ4n) is 3.01. The maximum absolute atomic E-state index is 12.4. The van der Waals surface area contributed by atoms with E-state index in [9.17, 15) is 4.79 Å². The Morgan fingerprint density at radius 3 is 1.96 bits per heavy atom. The van der Waals surface area contributed by atoms with Crippen molar-refractivity contribution in [3.63, 3.8) is 0 Å². The molecule has 0 fully saturated rings. The predicted octanol–water partition coefficient (Wildman–Crippen LogP) is 4.31. The lowest BCUT2D eigenvalue weighted by atomic mass is 10.1. The van der Waals surface area contributed by atoms with Crippen LogP contribution in [0.3, 0.4) is 0 Å². The number of hydrogen-bond donors (Lipinski definition) is 0. The van der Waals surface area contributed by atoms with E-state index < -0.39 is 7.92 Å². The van der Waals surface area contributed by atoms with Crippen molar-refractivity contribution in [1.82, 2.24) is 0 Å². The van der Waals surface area contributed by atoms with E-state index in [1.54, 1.807) is 0 Å². The van der Waals surface area contributed by atoms with Gasteiger partial charge in [-0.1, -0.05) is 78.9 Å². The summed E-state index contributed by atoms with van der Waals surface area (Å²) in [5.41, 5.74) is -0.390. The second-order valence-electron chi connectivity index (χ2n) is 6.87. The molecule has 1 aliphatic rings. The van der Waals surface area contributed by atoms with Gasteiger partial charge in [0.25, 0.3) is 0 Å². The van der Waals surface area contributed by atoms with E-state index in [0.717, 1.165) is 5.30 Å². The molecule has 5 heteroatoms. The van der Waals surface area contributed by atoms with Crippen LogP contribution in [-0.2, 0) is 4.79 Å². The van der Waals surface area contributed by atoms with Crippen LogP contribution in [0.1, 0.15) is 19.8 Å². The van der Waals surface area contributed by atoms with Crippen molar-refractivity contribution in [3.8, 4) is 5.75 Å². The van der Waals surface area contributed by atoms with Crippen molar-refractivity contribution in [2.24, 2.45) is 10.2 Å². The Labute approximate surface area is 166 Å². The van der Waals surface area contributed by atoms with E-state index in [4.69, 9.17) is 4.74 Å². The first-order valence-corrected chi connectivity index (χ1v) is 10.6. The van der Waals surface area contributed by atoms with E-state index >= 15 is 0 Å². The summed E-state index contributed by atoms with van der Waals surface area (Å²) in [6.45, 7) is 1.91. The summed E-state index contributed by atoms with van der Waals surface area (Å²) >= 11 is 0. The van der Waals surface area contributed by atoms with Crippen LogP contribution in [0.5, 0.6) is 5.75 Å². The van der Waals surface area contributed by atoms with Crippen LogP contribution in [0.4, 0.5) is 0 Å². The summed E-state index contributed by atoms with van der Waals surface area (Å²) in [7, 11) is -0.831. The zero-order valence-corrected chi connectivity index (χ0v) is 16.5. The minimum Gasteiger partial charge on any atom is -0.426 e. The molecule has 0 aliphatic carbocycles. The molecule has 4 nitrogen and oxygen atoms in total. The maximum atomic E-state index is 12.4. The molecule has 0 radical (unpaired) electrons. The molecule has 0 aromatic heterocycles. The Bertz CT molecular complexity index is 944. The molecular formula is C23H21N2O2P. The molecule has 0 saturated carbocycles. The monoisotopic (exact) mass is 388 g/mol. The van der Waals surface area contributed by atoms with Gasteiger partial charge in [-0.3, -0.25) is 4.79 Å². The van der Waals surface area contributed by atoms with Crippen molar-refractivity contribution < 1.29 is 9.53 Å². The fraction of sp³-hybridized carbons (Fsp3) is 0.174. The summed E-state index contributed by atoms with van der Waals surface area (Å²) in [5.74, 6) is 0.378. The summed E-state index contributed by atoms with van der Waals surface area (Å²) in [6.07, 6.45) is 0.882. The van der Waals surface area contributed by atoms with Gasteiger partial charge in [0.1, 0.15) is 5.75 Å². The molecule has 1 heterocycles. The van der Waals surface area contributed by atoms with Crippen molar-refractivity contribution in [2.75, 3.05) is 0 Å². The molecule has 0 amide bonds. The van der Waals surface area contributed by atoms with Crippen molar-refractivity contribution >= 4 is 29.8 Å². The minimum absolute atomic E-state index is 0.248. The SMILES string of the molecule is CC1(CCC(=O)Oc2ccccc2P(c2ccccc2)c2ccccc2)N=N1. The van der Waals surface area contributed by atoms with Gasteiger partial charge in [0.05, 0.1) is 6.42 Å². The van der Waals surface area contributed by atoms with Gasteiger partial charge in [-0.15, -0.1) is 0 Å². The highest BCUT2D eigenvalue weighted by molar-refractivity contribution is 7.80. The van der Waals surface area contributed by atoms with Gasteiger partial charge in [-0.2, -0.15) is 10.2 Å². The van der Waals surface area contributed by atoms with Crippen molar-refractivity contribution in [2.45, 2.75) is 25.4 Å². The molecule has 0 saturated heterocycles. The summed E-state index contributed by atoms with van der Waals surface area (Å²) in [5, 5.41) is 11.4. The summed E-state index contributed by atoms with van der Waals surface area (Å²) in [4.78, 5) is 12.4. The number of hydrogen-bond acceptors (Lipinski definition) is 4. The van der Waals surface area contributed by atoms with Crippen LogP contribution < -0.4 is 20.7 Å². The molecule has 28 heavy (non-hydrogen) atoms. The minimum atomic E-state index is -0.831. The quantitative estimate of drug-likeness (QED) is 0.344. The van der Waals surface area contributed by atoms with Crippen LogP contribution in [0.2, 0.25) is 0 Å². The second-order valence-corrected chi connectivity index (χ2v) is 9.05. The summed E-state index contributed by atoms with van der Waals surface area (Å²) < 4.78 is 5.79. The van der Waals surface area contributed by atoms with Crippen LogP contribution in [0.25, 0.3) is 0 Å². The van der Waals surface area contributed by atoms with Gasteiger partial charge < -0.3 is 4.74 Å². The first kappa shape index (κ1) is 18.5. The number of benzene rings is 3. The normalized spacial score (nSPS) is 14.1. The van der Waals surface area contributed by atoms with E-state index in [-0.39, 0.29) is 11.6 Å². The number of esters is 1. The lowest BCUT2D eigenvalue weighted by molar-refractivity contribution is -0.134. The Morgan fingerprint density at radius 1 is 0.857 bits per heavy atom. The third kappa shape index (κ3) is 4.35. The first-order valence-electron chi connectivity index (χ1n) is 9.29. The average molecular weight is 388 g/mol. The standard InChI is InChI=1S/C23H21N2O2P/c1-23(24-25-23)17-16-22(26)27-20-14-8-9-15-21(20)28(18-10-4-2-5-11-18)19-12-6-3-7-13-19/h2-15H,16-17H2,1H3. The zero-order valence-electron chi connectivity index (χ0n) is 15.7. The van der Waals surface area contributed by atoms with Crippen molar-refractivity contribution in [1.29, 1.82) is 0 Å². The molecule has 4 rings (SSSR count). The highest BCUT2D eigenvalue weighted by Gasteiger charge is 2.34. The van der Waals surface area contributed by atoms with Gasteiger partial charge in [-0.05, 0) is 31.5 Å². The highest BCUT2D eigenvalue weighted by Crippen LogP contribution is 2.37. The van der Waals surface area contributed by atoms with Crippen LogP contribution in [0, 0.1) is 0 Å². The molecule has 0 unspecified atom stereocenters. The molecule has 1 aliphatic heterocycles.